The second kappa shape index (κ2) is 6.94. The lowest BCUT2D eigenvalue weighted by atomic mass is 9.77. The molecule has 1 heteroatoms. The summed E-state index contributed by atoms with van der Waals surface area (Å²) >= 11 is 0. The third kappa shape index (κ3) is 3.58. The number of hydrogen-bond acceptors (Lipinski definition) is 1. The zero-order valence-corrected chi connectivity index (χ0v) is 11.9. The lowest BCUT2D eigenvalue weighted by Crippen LogP contribution is -2.40. The number of rotatable bonds is 7. The lowest BCUT2D eigenvalue weighted by molar-refractivity contribution is 0.220. The first-order valence-corrected chi connectivity index (χ1v) is 7.59. The predicted octanol–water partition coefficient (Wildman–Crippen LogP) is 4.10. The zero-order valence-electron chi connectivity index (χ0n) is 11.9. The van der Waals surface area contributed by atoms with Crippen LogP contribution in [0.1, 0.15) is 50.2 Å². The Kier molecular flexibility index (Phi) is 5.25. The first-order chi connectivity index (χ1) is 8.81. The molecular formula is C17H27N. The van der Waals surface area contributed by atoms with Gasteiger partial charge in [-0.2, -0.15) is 0 Å². The van der Waals surface area contributed by atoms with Gasteiger partial charge in [0.05, 0.1) is 0 Å². The first-order valence-electron chi connectivity index (χ1n) is 7.59. The molecule has 1 nitrogen and oxygen atoms in total. The molecule has 1 aliphatic rings. The molecule has 1 aromatic carbocycles. The third-order valence-corrected chi connectivity index (χ3v) is 4.36. The van der Waals surface area contributed by atoms with Crippen molar-refractivity contribution in [2.75, 3.05) is 6.54 Å². The fourth-order valence-electron chi connectivity index (χ4n) is 2.88. The maximum absolute atomic E-state index is 3.76. The van der Waals surface area contributed by atoms with E-state index in [2.05, 4.69) is 43.4 Å². The molecule has 0 aromatic heterocycles. The largest absolute Gasteiger partial charge is 0.314 e. The average Bonchev–Trinajstić information content (AvgIpc) is 2.32. The number of nitrogens with one attached hydrogen (secondary N) is 1. The van der Waals surface area contributed by atoms with E-state index in [9.17, 15) is 0 Å². The monoisotopic (exact) mass is 245 g/mol. The Balaban J connectivity index is 1.86. The Hall–Kier alpha value is -0.820. The van der Waals surface area contributed by atoms with Gasteiger partial charge in [-0.15, -0.1) is 0 Å². The lowest BCUT2D eigenvalue weighted by Gasteiger charge is -2.34. The number of hydrogen-bond donors (Lipinski definition) is 1. The molecule has 0 bridgehead atoms. The summed E-state index contributed by atoms with van der Waals surface area (Å²) in [5.74, 6) is 0.945. The standard InChI is InChI=1S/C17H27N/c1-3-13-18-17(16-9-6-10-16)12-11-15-8-5-4-7-14(15)2/h4-5,7-8,16-18H,3,6,9-13H2,1-2H3. The summed E-state index contributed by atoms with van der Waals surface area (Å²) in [5, 5.41) is 3.76. The minimum atomic E-state index is 0.748. The maximum atomic E-state index is 3.76. The zero-order chi connectivity index (χ0) is 12.8. The van der Waals surface area contributed by atoms with Crippen molar-refractivity contribution in [2.45, 2.75) is 58.4 Å². The van der Waals surface area contributed by atoms with Crippen molar-refractivity contribution >= 4 is 0 Å². The van der Waals surface area contributed by atoms with Crippen molar-refractivity contribution in [1.82, 2.24) is 5.32 Å². The van der Waals surface area contributed by atoms with Crippen LogP contribution in [0.25, 0.3) is 0 Å². The molecule has 1 aliphatic carbocycles. The molecule has 18 heavy (non-hydrogen) atoms. The van der Waals surface area contributed by atoms with Gasteiger partial charge in [0.15, 0.2) is 0 Å². The van der Waals surface area contributed by atoms with E-state index in [0.717, 1.165) is 12.0 Å². The van der Waals surface area contributed by atoms with Crippen molar-refractivity contribution in [3.8, 4) is 0 Å². The predicted molar refractivity (Wildman–Crippen MR) is 78.9 cm³/mol. The van der Waals surface area contributed by atoms with Crippen LogP contribution >= 0.6 is 0 Å². The molecule has 1 atom stereocenters. The summed E-state index contributed by atoms with van der Waals surface area (Å²) in [7, 11) is 0. The van der Waals surface area contributed by atoms with Gasteiger partial charge in [-0.25, -0.2) is 0 Å². The SMILES string of the molecule is CCCNC(CCc1ccccc1C)C1CCC1. The maximum Gasteiger partial charge on any atom is 0.00984 e. The van der Waals surface area contributed by atoms with E-state index in [1.165, 1.54) is 56.2 Å². The van der Waals surface area contributed by atoms with Gasteiger partial charge in [0.1, 0.15) is 0 Å². The Bertz CT molecular complexity index is 354. The topological polar surface area (TPSA) is 12.0 Å². The summed E-state index contributed by atoms with van der Waals surface area (Å²) in [5.41, 5.74) is 2.97. The van der Waals surface area contributed by atoms with E-state index >= 15 is 0 Å². The quantitative estimate of drug-likeness (QED) is 0.762. The Morgan fingerprint density at radius 3 is 2.67 bits per heavy atom. The Labute approximate surface area is 112 Å². The van der Waals surface area contributed by atoms with Crippen molar-refractivity contribution in [2.24, 2.45) is 5.92 Å². The summed E-state index contributed by atoms with van der Waals surface area (Å²) < 4.78 is 0. The fourth-order valence-corrected chi connectivity index (χ4v) is 2.88. The van der Waals surface area contributed by atoms with E-state index < -0.39 is 0 Å². The molecule has 0 radical (unpaired) electrons. The van der Waals surface area contributed by atoms with Gasteiger partial charge in [-0.05, 0) is 62.6 Å². The smallest absolute Gasteiger partial charge is 0.00984 e. The van der Waals surface area contributed by atoms with Gasteiger partial charge in [-0.1, -0.05) is 37.6 Å². The van der Waals surface area contributed by atoms with Gasteiger partial charge < -0.3 is 5.32 Å². The van der Waals surface area contributed by atoms with Crippen molar-refractivity contribution in [1.29, 1.82) is 0 Å². The van der Waals surface area contributed by atoms with Crippen LogP contribution in [0, 0.1) is 12.8 Å². The molecule has 1 saturated carbocycles. The van der Waals surface area contributed by atoms with Crippen molar-refractivity contribution in [3.05, 3.63) is 35.4 Å². The average molecular weight is 245 g/mol. The van der Waals surface area contributed by atoms with E-state index in [1.54, 1.807) is 0 Å². The molecule has 2 rings (SSSR count). The molecule has 0 spiro atoms. The van der Waals surface area contributed by atoms with Crippen LogP contribution < -0.4 is 5.32 Å². The van der Waals surface area contributed by atoms with Crippen LogP contribution in [-0.4, -0.2) is 12.6 Å². The van der Waals surface area contributed by atoms with E-state index in [0.29, 0.717) is 0 Å². The number of benzene rings is 1. The molecule has 1 N–H and O–H groups in total. The van der Waals surface area contributed by atoms with E-state index in [4.69, 9.17) is 0 Å². The summed E-state index contributed by atoms with van der Waals surface area (Å²) in [6.45, 7) is 5.66. The minimum absolute atomic E-state index is 0.748. The van der Waals surface area contributed by atoms with E-state index in [-0.39, 0.29) is 0 Å². The van der Waals surface area contributed by atoms with Crippen LogP contribution in [0.4, 0.5) is 0 Å². The molecule has 1 fully saturated rings. The number of aryl methyl sites for hydroxylation is 2. The van der Waals surface area contributed by atoms with Gasteiger partial charge in [0.2, 0.25) is 0 Å². The summed E-state index contributed by atoms with van der Waals surface area (Å²) in [4.78, 5) is 0. The van der Waals surface area contributed by atoms with Gasteiger partial charge in [-0.3, -0.25) is 0 Å². The highest BCUT2D eigenvalue weighted by Crippen LogP contribution is 2.31. The molecule has 1 unspecified atom stereocenters. The second-order valence-corrected chi connectivity index (χ2v) is 5.72. The van der Waals surface area contributed by atoms with Crippen molar-refractivity contribution in [3.63, 3.8) is 0 Å². The molecule has 0 aliphatic heterocycles. The Morgan fingerprint density at radius 2 is 2.06 bits per heavy atom. The summed E-state index contributed by atoms with van der Waals surface area (Å²) in [6, 6.07) is 9.57. The van der Waals surface area contributed by atoms with Gasteiger partial charge >= 0.3 is 0 Å². The normalized spacial score (nSPS) is 17.4. The molecular weight excluding hydrogens is 218 g/mol. The molecule has 0 heterocycles. The molecule has 100 valence electrons. The highest BCUT2D eigenvalue weighted by molar-refractivity contribution is 5.25. The minimum Gasteiger partial charge on any atom is -0.314 e. The molecule has 0 amide bonds. The van der Waals surface area contributed by atoms with Crippen LogP contribution in [0.3, 0.4) is 0 Å². The summed E-state index contributed by atoms with van der Waals surface area (Å²) in [6.07, 6.45) is 8.09. The fraction of sp³-hybridized carbons (Fsp3) is 0.647. The first kappa shape index (κ1) is 13.6. The third-order valence-electron chi connectivity index (χ3n) is 4.36. The molecule has 0 saturated heterocycles. The van der Waals surface area contributed by atoms with Crippen LogP contribution in [0.15, 0.2) is 24.3 Å². The van der Waals surface area contributed by atoms with Crippen LogP contribution in [0.5, 0.6) is 0 Å². The van der Waals surface area contributed by atoms with Crippen molar-refractivity contribution < 1.29 is 0 Å². The second-order valence-electron chi connectivity index (χ2n) is 5.72. The van der Waals surface area contributed by atoms with E-state index in [1.807, 2.05) is 0 Å². The Morgan fingerprint density at radius 1 is 1.28 bits per heavy atom. The highest BCUT2D eigenvalue weighted by atomic mass is 14.9. The van der Waals surface area contributed by atoms with Crippen LogP contribution in [0.2, 0.25) is 0 Å². The highest BCUT2D eigenvalue weighted by Gasteiger charge is 2.26. The van der Waals surface area contributed by atoms with Crippen LogP contribution in [-0.2, 0) is 6.42 Å². The van der Waals surface area contributed by atoms with Gasteiger partial charge in [0, 0.05) is 6.04 Å². The molecule has 1 aromatic rings. The van der Waals surface area contributed by atoms with Gasteiger partial charge in [0.25, 0.3) is 0 Å².